The topological polar surface area (TPSA) is 20.3 Å². The van der Waals surface area contributed by atoms with Crippen LogP contribution in [0.4, 0.5) is 0 Å². The summed E-state index contributed by atoms with van der Waals surface area (Å²) in [5.74, 6) is 0.203. The number of rotatable bonds is 0. The van der Waals surface area contributed by atoms with E-state index in [4.69, 9.17) is 0 Å². The Morgan fingerprint density at radius 1 is 1.58 bits per heavy atom. The van der Waals surface area contributed by atoms with Crippen LogP contribution < -0.4 is 0 Å². The van der Waals surface area contributed by atoms with Gasteiger partial charge in [0.05, 0.1) is 0 Å². The van der Waals surface area contributed by atoms with Crippen molar-refractivity contribution in [2.45, 2.75) is 44.7 Å². The first-order valence-corrected chi connectivity index (χ1v) is 4.61. The molecular weight excluding hydrogens is 150 g/mol. The summed E-state index contributed by atoms with van der Waals surface area (Å²) < 4.78 is 0. The monoisotopic (exact) mass is 165 g/mol. The van der Waals surface area contributed by atoms with Crippen molar-refractivity contribution >= 4 is 5.91 Å². The molecule has 0 spiro atoms. The van der Waals surface area contributed by atoms with E-state index in [9.17, 15) is 4.79 Å². The van der Waals surface area contributed by atoms with E-state index >= 15 is 0 Å². The smallest absolute Gasteiger partial charge is 0.246 e. The fourth-order valence-corrected chi connectivity index (χ4v) is 2.37. The van der Waals surface area contributed by atoms with Gasteiger partial charge in [-0.25, -0.2) is 0 Å². The Kier molecular flexibility index (Phi) is 1.53. The zero-order valence-corrected chi connectivity index (χ0v) is 7.71. The molecule has 0 saturated carbocycles. The number of amides is 1. The quantitative estimate of drug-likeness (QED) is 0.535. The summed E-state index contributed by atoms with van der Waals surface area (Å²) in [6, 6.07) is 0.484. The molecule has 66 valence electrons. The van der Waals surface area contributed by atoms with Crippen LogP contribution in [0.25, 0.3) is 0 Å². The lowest BCUT2D eigenvalue weighted by Crippen LogP contribution is -2.47. The molecule has 0 bridgehead atoms. The predicted octanol–water partition coefficient (Wildman–Crippen LogP) is 1.72. The third kappa shape index (κ3) is 0.977. The van der Waals surface area contributed by atoms with Gasteiger partial charge in [0.1, 0.15) is 0 Å². The van der Waals surface area contributed by atoms with Crippen molar-refractivity contribution in [1.82, 2.24) is 4.90 Å². The zero-order chi connectivity index (χ0) is 8.77. The van der Waals surface area contributed by atoms with Crippen LogP contribution >= 0.6 is 0 Å². The van der Waals surface area contributed by atoms with Gasteiger partial charge in [0.15, 0.2) is 0 Å². The number of nitrogens with zero attached hydrogens (tertiary/aromatic N) is 1. The molecule has 1 atom stereocenters. The molecule has 2 nitrogen and oxygen atoms in total. The van der Waals surface area contributed by atoms with E-state index in [-0.39, 0.29) is 11.4 Å². The van der Waals surface area contributed by atoms with Crippen molar-refractivity contribution in [3.8, 4) is 0 Å². The molecule has 1 amide bonds. The molecule has 1 fully saturated rings. The first kappa shape index (κ1) is 7.84. The van der Waals surface area contributed by atoms with Gasteiger partial charge in [-0.3, -0.25) is 4.79 Å². The van der Waals surface area contributed by atoms with E-state index in [0.717, 1.165) is 12.8 Å². The molecule has 0 aromatic rings. The number of carbonyl (C=O) groups is 1. The summed E-state index contributed by atoms with van der Waals surface area (Å²) in [5.41, 5.74) is 0.0898. The first-order valence-electron chi connectivity index (χ1n) is 4.61. The summed E-state index contributed by atoms with van der Waals surface area (Å²) in [6.07, 6.45) is 7.08. The second-order valence-electron chi connectivity index (χ2n) is 4.35. The van der Waals surface area contributed by atoms with Crippen LogP contribution in [0.5, 0.6) is 0 Å². The highest BCUT2D eigenvalue weighted by Gasteiger charge is 2.42. The largest absolute Gasteiger partial charge is 0.331 e. The fraction of sp³-hybridized carbons (Fsp3) is 0.700. The van der Waals surface area contributed by atoms with Gasteiger partial charge in [0, 0.05) is 11.6 Å². The Hall–Kier alpha value is -0.790. The molecule has 0 radical (unpaired) electrons. The van der Waals surface area contributed by atoms with Gasteiger partial charge in [-0.05, 0) is 39.2 Å². The van der Waals surface area contributed by atoms with Crippen LogP contribution in [-0.2, 0) is 4.79 Å². The van der Waals surface area contributed by atoms with Crippen LogP contribution in [0.15, 0.2) is 12.2 Å². The minimum Gasteiger partial charge on any atom is -0.331 e. The van der Waals surface area contributed by atoms with Crippen LogP contribution in [0.1, 0.15) is 33.1 Å². The van der Waals surface area contributed by atoms with E-state index in [0.29, 0.717) is 6.04 Å². The molecule has 0 aromatic carbocycles. The van der Waals surface area contributed by atoms with Crippen molar-refractivity contribution in [1.29, 1.82) is 0 Å². The first-order chi connectivity index (χ1) is 5.61. The van der Waals surface area contributed by atoms with Gasteiger partial charge in [0.2, 0.25) is 5.91 Å². The van der Waals surface area contributed by atoms with Crippen molar-refractivity contribution in [3.63, 3.8) is 0 Å². The summed E-state index contributed by atoms with van der Waals surface area (Å²) in [5, 5.41) is 0. The Bertz CT molecular complexity index is 242. The van der Waals surface area contributed by atoms with Crippen LogP contribution in [0.2, 0.25) is 0 Å². The molecule has 2 rings (SSSR count). The molecule has 2 aliphatic rings. The Balaban J connectivity index is 2.31. The SMILES string of the molecule is CC1(C)CCC2CC=CC(=O)N21. The van der Waals surface area contributed by atoms with Gasteiger partial charge >= 0.3 is 0 Å². The van der Waals surface area contributed by atoms with Crippen molar-refractivity contribution in [2.24, 2.45) is 0 Å². The van der Waals surface area contributed by atoms with Crippen LogP contribution in [-0.4, -0.2) is 22.4 Å². The lowest BCUT2D eigenvalue weighted by Gasteiger charge is -2.36. The molecule has 2 heteroatoms. The van der Waals surface area contributed by atoms with E-state index in [1.54, 1.807) is 6.08 Å². The molecule has 1 saturated heterocycles. The number of hydrogen-bond acceptors (Lipinski definition) is 1. The maximum atomic E-state index is 11.5. The van der Waals surface area contributed by atoms with Gasteiger partial charge in [0.25, 0.3) is 0 Å². The van der Waals surface area contributed by atoms with Crippen molar-refractivity contribution in [3.05, 3.63) is 12.2 Å². The fourth-order valence-electron chi connectivity index (χ4n) is 2.37. The Morgan fingerprint density at radius 3 is 3.00 bits per heavy atom. The lowest BCUT2D eigenvalue weighted by molar-refractivity contribution is -0.132. The van der Waals surface area contributed by atoms with E-state index in [1.807, 2.05) is 11.0 Å². The molecule has 1 unspecified atom stereocenters. The van der Waals surface area contributed by atoms with Crippen molar-refractivity contribution < 1.29 is 4.79 Å². The molecular formula is C10H15NO. The average molecular weight is 165 g/mol. The summed E-state index contributed by atoms with van der Waals surface area (Å²) >= 11 is 0. The highest BCUT2D eigenvalue weighted by atomic mass is 16.2. The third-order valence-electron chi connectivity index (χ3n) is 3.01. The maximum Gasteiger partial charge on any atom is 0.246 e. The number of fused-ring (bicyclic) bond motifs is 1. The summed E-state index contributed by atoms with van der Waals surface area (Å²) in [6.45, 7) is 4.31. The second-order valence-corrected chi connectivity index (χ2v) is 4.35. The molecule has 0 aliphatic carbocycles. The third-order valence-corrected chi connectivity index (χ3v) is 3.01. The van der Waals surface area contributed by atoms with Crippen LogP contribution in [0.3, 0.4) is 0 Å². The lowest BCUT2D eigenvalue weighted by atomic mass is 10.0. The maximum absolute atomic E-state index is 11.5. The van der Waals surface area contributed by atoms with E-state index in [1.165, 1.54) is 6.42 Å². The van der Waals surface area contributed by atoms with Gasteiger partial charge in [-0.1, -0.05) is 6.08 Å². The normalized spacial score (nSPS) is 32.3. The minimum absolute atomic E-state index is 0.0898. The Morgan fingerprint density at radius 2 is 2.33 bits per heavy atom. The molecule has 0 N–H and O–H groups in total. The summed E-state index contributed by atoms with van der Waals surface area (Å²) in [4.78, 5) is 13.6. The van der Waals surface area contributed by atoms with E-state index < -0.39 is 0 Å². The minimum atomic E-state index is 0.0898. The van der Waals surface area contributed by atoms with Crippen LogP contribution in [0, 0.1) is 0 Å². The Labute approximate surface area is 73.2 Å². The molecule has 12 heavy (non-hydrogen) atoms. The highest BCUT2D eigenvalue weighted by Crippen LogP contribution is 2.36. The predicted molar refractivity (Wildman–Crippen MR) is 47.7 cm³/mol. The molecule has 2 aliphatic heterocycles. The molecule has 0 aromatic heterocycles. The zero-order valence-electron chi connectivity index (χ0n) is 7.71. The van der Waals surface area contributed by atoms with E-state index in [2.05, 4.69) is 13.8 Å². The second kappa shape index (κ2) is 2.35. The standard InChI is InChI=1S/C10H15NO/c1-10(2)7-6-8-4-3-5-9(12)11(8)10/h3,5,8H,4,6-7H2,1-2H3. The van der Waals surface area contributed by atoms with Gasteiger partial charge in [-0.15, -0.1) is 0 Å². The average Bonchev–Trinajstić information content (AvgIpc) is 2.29. The van der Waals surface area contributed by atoms with Crippen molar-refractivity contribution in [2.75, 3.05) is 0 Å². The molecule has 2 heterocycles. The number of hydrogen-bond donors (Lipinski definition) is 0. The highest BCUT2D eigenvalue weighted by molar-refractivity contribution is 5.89. The van der Waals surface area contributed by atoms with Gasteiger partial charge in [-0.2, -0.15) is 0 Å². The summed E-state index contributed by atoms with van der Waals surface area (Å²) in [7, 11) is 0. The van der Waals surface area contributed by atoms with Gasteiger partial charge < -0.3 is 4.90 Å². The number of carbonyl (C=O) groups excluding carboxylic acids is 1.